The van der Waals surface area contributed by atoms with Gasteiger partial charge >= 0.3 is 0 Å². The topological polar surface area (TPSA) is 21.3 Å². The third-order valence-electron chi connectivity index (χ3n) is 2.14. The van der Waals surface area contributed by atoms with Gasteiger partial charge in [0.25, 0.3) is 0 Å². The maximum atomic E-state index is 5.20. The molecule has 0 aliphatic rings. The van der Waals surface area contributed by atoms with E-state index in [0.29, 0.717) is 5.92 Å². The predicted molar refractivity (Wildman–Crippen MR) is 62.7 cm³/mol. The summed E-state index contributed by atoms with van der Waals surface area (Å²) in [5.74, 6) is 0.419. The molecule has 0 heterocycles. The Hall–Kier alpha value is -0.380. The molecule has 78 valence electrons. The molecule has 3 heteroatoms. The number of ether oxygens (including phenoxy) is 1. The van der Waals surface area contributed by atoms with Gasteiger partial charge in [0.05, 0.1) is 6.61 Å². The van der Waals surface area contributed by atoms with Crippen molar-refractivity contribution in [3.05, 3.63) is 34.3 Å². The molecule has 0 aromatic heterocycles. The molecule has 0 amide bonds. The summed E-state index contributed by atoms with van der Waals surface area (Å²) >= 11 is 3.47. The lowest BCUT2D eigenvalue weighted by Crippen LogP contribution is -2.20. The quantitative estimate of drug-likeness (QED) is 0.875. The standard InChI is InChI=1S/C11H16BrNO/c1-13-7-10(8-14-2)9-4-3-5-11(12)6-9/h3-6,10,13H,7-8H2,1-2H3. The Morgan fingerprint density at radius 1 is 1.50 bits per heavy atom. The average molecular weight is 258 g/mol. The molecule has 0 spiro atoms. The van der Waals surface area contributed by atoms with Gasteiger partial charge in [-0.2, -0.15) is 0 Å². The van der Waals surface area contributed by atoms with Crippen molar-refractivity contribution in [3.8, 4) is 0 Å². The number of likely N-dealkylation sites (N-methyl/N-ethyl adjacent to an activating group) is 1. The first-order valence-corrected chi connectivity index (χ1v) is 5.46. The fourth-order valence-electron chi connectivity index (χ4n) is 1.48. The van der Waals surface area contributed by atoms with Crippen LogP contribution in [0.3, 0.4) is 0 Å². The average Bonchev–Trinajstić information content (AvgIpc) is 2.17. The van der Waals surface area contributed by atoms with Crippen molar-refractivity contribution in [2.75, 3.05) is 27.3 Å². The Kier molecular flexibility index (Phi) is 5.15. The lowest BCUT2D eigenvalue weighted by Gasteiger charge is -2.16. The van der Waals surface area contributed by atoms with Crippen LogP contribution in [0.5, 0.6) is 0 Å². The van der Waals surface area contributed by atoms with Gasteiger partial charge in [0, 0.05) is 24.0 Å². The molecule has 0 saturated carbocycles. The lowest BCUT2D eigenvalue weighted by molar-refractivity contribution is 0.178. The molecule has 1 atom stereocenters. The minimum atomic E-state index is 0.419. The number of halogens is 1. The Morgan fingerprint density at radius 3 is 2.86 bits per heavy atom. The zero-order valence-corrected chi connectivity index (χ0v) is 10.2. The summed E-state index contributed by atoms with van der Waals surface area (Å²) in [4.78, 5) is 0. The minimum Gasteiger partial charge on any atom is -0.384 e. The van der Waals surface area contributed by atoms with E-state index in [1.54, 1.807) is 7.11 Å². The summed E-state index contributed by atoms with van der Waals surface area (Å²) in [6.07, 6.45) is 0. The molecule has 0 radical (unpaired) electrons. The van der Waals surface area contributed by atoms with Gasteiger partial charge in [0.15, 0.2) is 0 Å². The van der Waals surface area contributed by atoms with E-state index in [-0.39, 0.29) is 0 Å². The number of methoxy groups -OCH3 is 1. The van der Waals surface area contributed by atoms with E-state index < -0.39 is 0 Å². The van der Waals surface area contributed by atoms with E-state index in [4.69, 9.17) is 4.74 Å². The van der Waals surface area contributed by atoms with Crippen LogP contribution in [0.4, 0.5) is 0 Å². The van der Waals surface area contributed by atoms with E-state index in [1.807, 2.05) is 13.1 Å². The van der Waals surface area contributed by atoms with Crippen LogP contribution in [-0.2, 0) is 4.74 Å². The number of nitrogens with one attached hydrogen (secondary N) is 1. The van der Waals surface area contributed by atoms with Crippen molar-refractivity contribution in [2.45, 2.75) is 5.92 Å². The van der Waals surface area contributed by atoms with Gasteiger partial charge in [-0.15, -0.1) is 0 Å². The second kappa shape index (κ2) is 6.17. The van der Waals surface area contributed by atoms with Gasteiger partial charge in [-0.1, -0.05) is 28.1 Å². The summed E-state index contributed by atoms with van der Waals surface area (Å²) in [6, 6.07) is 8.36. The van der Waals surface area contributed by atoms with Crippen LogP contribution >= 0.6 is 15.9 Å². The third kappa shape index (κ3) is 3.40. The smallest absolute Gasteiger partial charge is 0.0543 e. The van der Waals surface area contributed by atoms with E-state index in [0.717, 1.165) is 17.6 Å². The molecule has 0 aliphatic heterocycles. The zero-order valence-electron chi connectivity index (χ0n) is 8.59. The van der Waals surface area contributed by atoms with Gasteiger partial charge in [-0.3, -0.25) is 0 Å². The Morgan fingerprint density at radius 2 is 2.29 bits per heavy atom. The van der Waals surface area contributed by atoms with Gasteiger partial charge in [0.1, 0.15) is 0 Å². The molecular formula is C11H16BrNO. The maximum Gasteiger partial charge on any atom is 0.0543 e. The fourth-order valence-corrected chi connectivity index (χ4v) is 1.90. The summed E-state index contributed by atoms with van der Waals surface area (Å²) in [5.41, 5.74) is 1.30. The SMILES string of the molecule is CNCC(COC)c1cccc(Br)c1. The van der Waals surface area contributed by atoms with Crippen LogP contribution < -0.4 is 5.32 Å². The van der Waals surface area contributed by atoms with Crippen molar-refractivity contribution in [1.82, 2.24) is 5.32 Å². The van der Waals surface area contributed by atoms with E-state index >= 15 is 0 Å². The normalized spacial score (nSPS) is 12.8. The molecule has 1 aromatic rings. The summed E-state index contributed by atoms with van der Waals surface area (Å²) < 4.78 is 6.31. The molecule has 0 aliphatic carbocycles. The minimum absolute atomic E-state index is 0.419. The molecular weight excluding hydrogens is 242 g/mol. The number of hydrogen-bond acceptors (Lipinski definition) is 2. The molecule has 0 saturated heterocycles. The molecule has 2 nitrogen and oxygen atoms in total. The highest BCUT2D eigenvalue weighted by atomic mass is 79.9. The number of benzene rings is 1. The van der Waals surface area contributed by atoms with Gasteiger partial charge in [-0.05, 0) is 24.7 Å². The molecule has 1 rings (SSSR count). The van der Waals surface area contributed by atoms with E-state index in [1.165, 1.54) is 5.56 Å². The third-order valence-corrected chi connectivity index (χ3v) is 2.63. The molecule has 14 heavy (non-hydrogen) atoms. The van der Waals surface area contributed by atoms with Crippen molar-refractivity contribution < 1.29 is 4.74 Å². The molecule has 0 fully saturated rings. The fraction of sp³-hybridized carbons (Fsp3) is 0.455. The lowest BCUT2D eigenvalue weighted by atomic mass is 10.0. The van der Waals surface area contributed by atoms with Crippen LogP contribution in [0.25, 0.3) is 0 Å². The van der Waals surface area contributed by atoms with Crippen LogP contribution in [0, 0.1) is 0 Å². The monoisotopic (exact) mass is 257 g/mol. The van der Waals surface area contributed by atoms with Crippen LogP contribution in [0.1, 0.15) is 11.5 Å². The molecule has 1 aromatic carbocycles. The van der Waals surface area contributed by atoms with Gasteiger partial charge in [-0.25, -0.2) is 0 Å². The first-order chi connectivity index (χ1) is 6.77. The van der Waals surface area contributed by atoms with E-state index in [2.05, 4.69) is 39.4 Å². The summed E-state index contributed by atoms with van der Waals surface area (Å²) in [5, 5.41) is 3.18. The van der Waals surface area contributed by atoms with E-state index in [9.17, 15) is 0 Å². The highest BCUT2D eigenvalue weighted by Crippen LogP contribution is 2.19. The highest BCUT2D eigenvalue weighted by Gasteiger charge is 2.10. The second-order valence-corrected chi connectivity index (χ2v) is 4.18. The largest absolute Gasteiger partial charge is 0.384 e. The molecule has 1 N–H and O–H groups in total. The molecule has 1 unspecified atom stereocenters. The highest BCUT2D eigenvalue weighted by molar-refractivity contribution is 9.10. The number of rotatable bonds is 5. The Bertz CT molecular complexity index is 272. The zero-order chi connectivity index (χ0) is 10.4. The van der Waals surface area contributed by atoms with Crippen molar-refractivity contribution in [2.24, 2.45) is 0 Å². The summed E-state index contributed by atoms with van der Waals surface area (Å²) in [7, 11) is 3.70. The van der Waals surface area contributed by atoms with Gasteiger partial charge in [0.2, 0.25) is 0 Å². The Labute approximate surface area is 93.8 Å². The van der Waals surface area contributed by atoms with Crippen molar-refractivity contribution >= 4 is 15.9 Å². The predicted octanol–water partition coefficient (Wildman–Crippen LogP) is 2.40. The van der Waals surface area contributed by atoms with Crippen molar-refractivity contribution in [3.63, 3.8) is 0 Å². The molecule has 0 bridgehead atoms. The first-order valence-electron chi connectivity index (χ1n) is 4.67. The van der Waals surface area contributed by atoms with Gasteiger partial charge < -0.3 is 10.1 Å². The van der Waals surface area contributed by atoms with Crippen LogP contribution in [-0.4, -0.2) is 27.3 Å². The first kappa shape index (κ1) is 11.7. The van der Waals surface area contributed by atoms with Crippen LogP contribution in [0.2, 0.25) is 0 Å². The Balaban J connectivity index is 2.75. The van der Waals surface area contributed by atoms with Crippen molar-refractivity contribution in [1.29, 1.82) is 0 Å². The maximum absolute atomic E-state index is 5.20. The number of hydrogen-bond donors (Lipinski definition) is 1. The van der Waals surface area contributed by atoms with Crippen LogP contribution in [0.15, 0.2) is 28.7 Å². The second-order valence-electron chi connectivity index (χ2n) is 3.26. The summed E-state index contributed by atoms with van der Waals surface area (Å²) in [6.45, 7) is 1.68.